The van der Waals surface area contributed by atoms with Crippen LogP contribution in [0.25, 0.3) is 28.0 Å². The normalized spacial score (nSPS) is 11.9. The van der Waals surface area contributed by atoms with E-state index in [1.807, 2.05) is 36.4 Å². The van der Waals surface area contributed by atoms with Gasteiger partial charge < -0.3 is 14.7 Å². The predicted octanol–water partition coefficient (Wildman–Crippen LogP) is 12.7. The summed E-state index contributed by atoms with van der Waals surface area (Å²) in [5.41, 5.74) is 11.2. The lowest BCUT2D eigenvalue weighted by atomic mass is 9.86. The Morgan fingerprint density at radius 3 is 1.15 bits per heavy atom. The molecule has 6 rings (SSSR count). The van der Waals surface area contributed by atoms with Gasteiger partial charge in [-0.05, 0) is 92.7 Å². The van der Waals surface area contributed by atoms with Crippen molar-refractivity contribution in [2.75, 3.05) is 12.0 Å². The molecule has 0 spiro atoms. The molecule has 0 aromatic heterocycles. The monoisotopic (exact) mass is 713 g/mol. The lowest BCUT2D eigenvalue weighted by Gasteiger charge is -2.28. The topological polar surface area (TPSA) is 66.8 Å². The standard InChI is InChI=1S/C49H47NO4/c1-48(2,3)40-22-28-43(29-23-40)50(44-30-24-41(25-31-44)49(4,5)6)42-26-20-36(21-27-42)34-10-16-38(17-11-34)46(52)32-45(51)37-14-8-33(9-15-37)35-12-18-39(19-13-35)47(53)54-7/h8-32,51H,1-7H3/b45-32-. The molecule has 0 fully saturated rings. The minimum absolute atomic E-state index is 0.0627. The summed E-state index contributed by atoms with van der Waals surface area (Å²) in [6, 6.07) is 47.9. The number of aliphatic hydroxyl groups excluding tert-OH is 1. The number of carbonyl (C=O) groups excluding carboxylic acids is 2. The van der Waals surface area contributed by atoms with Gasteiger partial charge in [0.1, 0.15) is 5.76 Å². The van der Waals surface area contributed by atoms with E-state index in [-0.39, 0.29) is 28.3 Å². The zero-order valence-electron chi connectivity index (χ0n) is 32.1. The number of carbonyl (C=O) groups is 2. The third-order valence-electron chi connectivity index (χ3n) is 9.70. The van der Waals surface area contributed by atoms with Crippen molar-refractivity contribution in [2.45, 2.75) is 52.4 Å². The van der Waals surface area contributed by atoms with Crippen LogP contribution in [-0.4, -0.2) is 24.0 Å². The quantitative estimate of drug-likeness (QED) is 0.0699. The molecule has 0 aliphatic carbocycles. The fraction of sp³-hybridized carbons (Fsp3) is 0.184. The van der Waals surface area contributed by atoms with Crippen molar-refractivity contribution in [3.63, 3.8) is 0 Å². The summed E-state index contributed by atoms with van der Waals surface area (Å²) in [5, 5.41) is 10.8. The van der Waals surface area contributed by atoms with Crippen molar-refractivity contribution in [3.05, 3.63) is 179 Å². The molecule has 0 aliphatic rings. The molecular weight excluding hydrogens is 667 g/mol. The number of allylic oxidation sites excluding steroid dienone is 1. The first-order valence-corrected chi connectivity index (χ1v) is 18.2. The first-order valence-electron chi connectivity index (χ1n) is 18.2. The highest BCUT2D eigenvalue weighted by Crippen LogP contribution is 2.38. The van der Waals surface area contributed by atoms with Crippen LogP contribution in [0.15, 0.2) is 152 Å². The minimum Gasteiger partial charge on any atom is -0.507 e. The van der Waals surface area contributed by atoms with E-state index < -0.39 is 0 Å². The SMILES string of the molecule is COC(=O)c1ccc(-c2ccc(/C(O)=C/C(=O)c3ccc(-c4ccc(N(c5ccc(C(C)(C)C)cc5)c5ccc(C(C)(C)C)cc5)cc4)cc3)cc2)cc1. The molecule has 0 saturated heterocycles. The van der Waals surface area contributed by atoms with Crippen LogP contribution in [0.5, 0.6) is 0 Å². The average molecular weight is 714 g/mol. The lowest BCUT2D eigenvalue weighted by Crippen LogP contribution is -2.14. The molecule has 54 heavy (non-hydrogen) atoms. The van der Waals surface area contributed by atoms with Crippen molar-refractivity contribution < 1.29 is 19.4 Å². The molecule has 0 bridgehead atoms. The smallest absolute Gasteiger partial charge is 0.337 e. The lowest BCUT2D eigenvalue weighted by molar-refractivity contribution is 0.0600. The highest BCUT2D eigenvalue weighted by Gasteiger charge is 2.19. The third-order valence-corrected chi connectivity index (χ3v) is 9.70. The fourth-order valence-electron chi connectivity index (χ4n) is 6.34. The molecule has 0 saturated carbocycles. The summed E-state index contributed by atoms with van der Waals surface area (Å²) in [4.78, 5) is 27.2. The van der Waals surface area contributed by atoms with Crippen molar-refractivity contribution >= 4 is 34.6 Å². The maximum Gasteiger partial charge on any atom is 0.337 e. The molecular formula is C49H47NO4. The molecule has 6 aromatic carbocycles. The van der Waals surface area contributed by atoms with Crippen molar-refractivity contribution in [1.29, 1.82) is 0 Å². The summed E-state index contributed by atoms with van der Waals surface area (Å²) < 4.78 is 4.77. The van der Waals surface area contributed by atoms with E-state index >= 15 is 0 Å². The molecule has 0 aliphatic heterocycles. The highest BCUT2D eigenvalue weighted by molar-refractivity contribution is 6.08. The van der Waals surface area contributed by atoms with Gasteiger partial charge in [0, 0.05) is 34.3 Å². The molecule has 1 N–H and O–H groups in total. The second-order valence-corrected chi connectivity index (χ2v) is 15.6. The maximum atomic E-state index is 13.1. The molecule has 6 aromatic rings. The number of nitrogens with zero attached hydrogens (tertiary/aromatic N) is 1. The zero-order chi connectivity index (χ0) is 38.6. The second kappa shape index (κ2) is 15.4. The molecule has 272 valence electrons. The molecule has 5 nitrogen and oxygen atoms in total. The van der Waals surface area contributed by atoms with Gasteiger partial charge in [-0.2, -0.15) is 0 Å². The van der Waals surface area contributed by atoms with Crippen LogP contribution < -0.4 is 4.90 Å². The Bertz CT molecular complexity index is 2190. The van der Waals surface area contributed by atoms with Gasteiger partial charge in [0.05, 0.1) is 12.7 Å². The Labute approximate surface area is 319 Å². The number of ketones is 1. The Morgan fingerprint density at radius 2 is 0.796 bits per heavy atom. The van der Waals surface area contributed by atoms with E-state index in [0.29, 0.717) is 16.7 Å². The number of benzene rings is 6. The number of aliphatic hydroxyl groups is 1. The van der Waals surface area contributed by atoms with Gasteiger partial charge in [-0.1, -0.05) is 139 Å². The van der Waals surface area contributed by atoms with E-state index in [9.17, 15) is 14.7 Å². The van der Waals surface area contributed by atoms with Gasteiger partial charge in [0.25, 0.3) is 0 Å². The zero-order valence-corrected chi connectivity index (χ0v) is 32.1. The predicted molar refractivity (Wildman–Crippen MR) is 222 cm³/mol. The molecule has 0 atom stereocenters. The van der Waals surface area contributed by atoms with E-state index in [4.69, 9.17) is 4.74 Å². The van der Waals surface area contributed by atoms with Crippen LogP contribution in [0.1, 0.15) is 78.9 Å². The second-order valence-electron chi connectivity index (χ2n) is 15.6. The summed E-state index contributed by atoms with van der Waals surface area (Å²) in [6.45, 7) is 13.4. The van der Waals surface area contributed by atoms with Crippen LogP contribution in [0.2, 0.25) is 0 Å². The number of ether oxygens (including phenoxy) is 1. The largest absolute Gasteiger partial charge is 0.507 e. The molecule has 0 unspecified atom stereocenters. The number of rotatable bonds is 9. The highest BCUT2D eigenvalue weighted by atomic mass is 16.5. The molecule has 0 radical (unpaired) electrons. The van der Waals surface area contributed by atoms with E-state index in [2.05, 4.69) is 119 Å². The van der Waals surface area contributed by atoms with E-state index in [1.165, 1.54) is 24.3 Å². The number of methoxy groups -OCH3 is 1. The third kappa shape index (κ3) is 8.53. The van der Waals surface area contributed by atoms with Gasteiger partial charge in [-0.3, -0.25) is 4.79 Å². The first-order chi connectivity index (χ1) is 25.7. The number of hydrogen-bond donors (Lipinski definition) is 1. The number of anilines is 3. The fourth-order valence-corrected chi connectivity index (χ4v) is 6.34. The van der Waals surface area contributed by atoms with Crippen LogP contribution in [0.3, 0.4) is 0 Å². The molecule has 0 amide bonds. The summed E-state index contributed by atoms with van der Waals surface area (Å²) in [6.07, 6.45) is 1.25. The van der Waals surface area contributed by atoms with Crippen LogP contribution in [0.4, 0.5) is 17.1 Å². The Hall–Kier alpha value is -6.20. The minimum atomic E-state index is -0.389. The van der Waals surface area contributed by atoms with Gasteiger partial charge in [-0.25, -0.2) is 4.79 Å². The Balaban J connectivity index is 1.18. The van der Waals surface area contributed by atoms with Gasteiger partial charge in [0.15, 0.2) is 5.78 Å². The summed E-state index contributed by atoms with van der Waals surface area (Å²) >= 11 is 0. The summed E-state index contributed by atoms with van der Waals surface area (Å²) in [7, 11) is 1.35. The van der Waals surface area contributed by atoms with Crippen LogP contribution in [-0.2, 0) is 15.6 Å². The van der Waals surface area contributed by atoms with Crippen molar-refractivity contribution in [1.82, 2.24) is 0 Å². The first kappa shape index (κ1) is 37.6. The van der Waals surface area contributed by atoms with Gasteiger partial charge in [-0.15, -0.1) is 0 Å². The maximum absolute atomic E-state index is 13.1. The average Bonchev–Trinajstić information content (AvgIpc) is 3.18. The van der Waals surface area contributed by atoms with E-state index in [1.54, 1.807) is 36.4 Å². The number of esters is 1. The van der Waals surface area contributed by atoms with Crippen molar-refractivity contribution in [2.24, 2.45) is 0 Å². The van der Waals surface area contributed by atoms with Crippen LogP contribution >= 0.6 is 0 Å². The summed E-state index contributed by atoms with van der Waals surface area (Å²) in [5.74, 6) is -0.792. The Kier molecular flexibility index (Phi) is 10.7. The molecule has 5 heteroatoms. The molecule has 0 heterocycles. The van der Waals surface area contributed by atoms with Crippen molar-refractivity contribution in [3.8, 4) is 22.3 Å². The van der Waals surface area contributed by atoms with E-state index in [0.717, 1.165) is 39.3 Å². The number of hydrogen-bond acceptors (Lipinski definition) is 5. The van der Waals surface area contributed by atoms with Crippen LogP contribution in [0, 0.1) is 0 Å². The van der Waals surface area contributed by atoms with Gasteiger partial charge >= 0.3 is 5.97 Å². The Morgan fingerprint density at radius 1 is 0.481 bits per heavy atom. The van der Waals surface area contributed by atoms with Gasteiger partial charge in [0.2, 0.25) is 0 Å².